The van der Waals surface area contributed by atoms with Gasteiger partial charge < -0.3 is 29.7 Å². The Morgan fingerprint density at radius 2 is 1.80 bits per heavy atom. The molecule has 3 rings (SSSR count). The summed E-state index contributed by atoms with van der Waals surface area (Å²) in [7, 11) is 2.90. The number of nitro benzene ring substituents is 1. The number of carbonyl (C=O) groups excluding carboxylic acids is 1. The van der Waals surface area contributed by atoms with E-state index in [9.17, 15) is 42.7 Å². The standard InChI is InChI=1S/C28H24ClF4N3O8/c1-4-44-28(39)16(27(38)21-23(31)22(29)24(32)25(33)26(21)36(40)41)11-35-18-9-19(17(30)7-14(18)12-37)34-10-13-5-6-15(42-2)8-20(13)43-3/h5-9,11,34,37-38H,4,10,12H2,1-3H3/b27-16-,35-11?. The summed E-state index contributed by atoms with van der Waals surface area (Å²) in [6.45, 7) is 0.356. The van der Waals surface area contributed by atoms with Crippen LogP contribution >= 0.6 is 11.6 Å². The molecule has 234 valence electrons. The lowest BCUT2D eigenvalue weighted by molar-refractivity contribution is -0.388. The number of hydrogen-bond acceptors (Lipinski definition) is 10. The maximum absolute atomic E-state index is 14.9. The Morgan fingerprint density at radius 1 is 1.09 bits per heavy atom. The number of halogens is 5. The van der Waals surface area contributed by atoms with Crippen molar-refractivity contribution in [1.82, 2.24) is 0 Å². The van der Waals surface area contributed by atoms with E-state index in [1.165, 1.54) is 21.1 Å². The molecule has 3 aromatic rings. The van der Waals surface area contributed by atoms with Gasteiger partial charge in [-0.3, -0.25) is 15.1 Å². The number of aliphatic hydroxyl groups is 2. The minimum absolute atomic E-state index is 0.0420. The second-order valence-electron chi connectivity index (χ2n) is 8.63. The second kappa shape index (κ2) is 14.5. The van der Waals surface area contributed by atoms with Crippen LogP contribution in [0.4, 0.5) is 34.6 Å². The predicted molar refractivity (Wildman–Crippen MR) is 152 cm³/mol. The molecule has 3 aromatic carbocycles. The maximum atomic E-state index is 14.9. The molecule has 0 aromatic heterocycles. The largest absolute Gasteiger partial charge is 0.506 e. The van der Waals surface area contributed by atoms with Gasteiger partial charge >= 0.3 is 11.7 Å². The average Bonchev–Trinajstić information content (AvgIpc) is 3.01. The van der Waals surface area contributed by atoms with Gasteiger partial charge in [0.1, 0.15) is 39.2 Å². The van der Waals surface area contributed by atoms with E-state index in [1.54, 1.807) is 18.2 Å². The van der Waals surface area contributed by atoms with Crippen molar-refractivity contribution >= 4 is 46.6 Å². The van der Waals surface area contributed by atoms with E-state index in [2.05, 4.69) is 10.3 Å². The normalized spacial score (nSPS) is 11.8. The highest BCUT2D eigenvalue weighted by Crippen LogP contribution is 2.38. The summed E-state index contributed by atoms with van der Waals surface area (Å²) in [6.07, 6.45) is 0.564. The summed E-state index contributed by atoms with van der Waals surface area (Å²) in [5.74, 6) is -9.05. The molecule has 0 atom stereocenters. The number of esters is 1. The Labute approximate surface area is 252 Å². The smallest absolute Gasteiger partial charge is 0.343 e. The molecular formula is C28H24ClF4N3O8. The number of hydrogen-bond donors (Lipinski definition) is 3. The van der Waals surface area contributed by atoms with Crippen molar-refractivity contribution in [3.63, 3.8) is 0 Å². The van der Waals surface area contributed by atoms with Crippen molar-refractivity contribution in [2.24, 2.45) is 4.99 Å². The van der Waals surface area contributed by atoms with Crippen LogP contribution in [0.25, 0.3) is 5.76 Å². The maximum Gasteiger partial charge on any atom is 0.343 e. The Morgan fingerprint density at radius 3 is 2.39 bits per heavy atom. The molecule has 0 spiro atoms. The molecule has 0 saturated carbocycles. The van der Waals surface area contributed by atoms with Crippen molar-refractivity contribution < 1.29 is 51.7 Å². The van der Waals surface area contributed by atoms with Gasteiger partial charge in [-0.05, 0) is 31.2 Å². The number of methoxy groups -OCH3 is 2. The highest BCUT2D eigenvalue weighted by atomic mass is 35.5. The molecule has 11 nitrogen and oxygen atoms in total. The number of ether oxygens (including phenoxy) is 3. The van der Waals surface area contributed by atoms with Crippen molar-refractivity contribution in [1.29, 1.82) is 0 Å². The minimum Gasteiger partial charge on any atom is -0.506 e. The summed E-state index contributed by atoms with van der Waals surface area (Å²) >= 11 is 5.43. The minimum atomic E-state index is -2.20. The van der Waals surface area contributed by atoms with Crippen molar-refractivity contribution in [2.45, 2.75) is 20.1 Å². The van der Waals surface area contributed by atoms with E-state index in [-0.39, 0.29) is 30.1 Å². The highest BCUT2D eigenvalue weighted by Gasteiger charge is 2.36. The number of aliphatic imine (C=N–C) groups is 1. The van der Waals surface area contributed by atoms with E-state index in [4.69, 9.17) is 25.8 Å². The number of benzene rings is 3. The molecule has 0 saturated heterocycles. The summed E-state index contributed by atoms with van der Waals surface area (Å²) in [5.41, 5.74) is -4.25. The number of nitro groups is 1. The predicted octanol–water partition coefficient (Wildman–Crippen LogP) is 6.16. The van der Waals surface area contributed by atoms with Gasteiger partial charge in [0.15, 0.2) is 11.6 Å². The van der Waals surface area contributed by atoms with Gasteiger partial charge in [-0.2, -0.15) is 4.39 Å². The number of carbonyl (C=O) groups is 1. The number of aliphatic hydroxyl groups excluding tert-OH is 2. The van der Waals surface area contributed by atoms with Crippen LogP contribution < -0.4 is 14.8 Å². The van der Waals surface area contributed by atoms with Crippen molar-refractivity contribution in [3.05, 3.63) is 91.0 Å². The fourth-order valence-corrected chi connectivity index (χ4v) is 4.05. The lowest BCUT2D eigenvalue weighted by atomic mass is 10.0. The molecule has 0 radical (unpaired) electrons. The topological polar surface area (TPSA) is 153 Å². The van der Waals surface area contributed by atoms with Crippen molar-refractivity contribution in [3.8, 4) is 11.5 Å². The Hall–Kier alpha value is -4.89. The van der Waals surface area contributed by atoms with E-state index in [1.807, 2.05) is 0 Å². The fourth-order valence-electron chi connectivity index (χ4n) is 3.87. The summed E-state index contributed by atoms with van der Waals surface area (Å²) in [5, 5.41) is 33.3. The highest BCUT2D eigenvalue weighted by molar-refractivity contribution is 6.31. The van der Waals surface area contributed by atoms with Gasteiger partial charge in [0.2, 0.25) is 5.82 Å². The van der Waals surface area contributed by atoms with Crippen LogP contribution in [-0.2, 0) is 22.7 Å². The van der Waals surface area contributed by atoms with Gasteiger partial charge in [-0.1, -0.05) is 11.6 Å². The van der Waals surface area contributed by atoms with Gasteiger partial charge in [0.05, 0.1) is 43.7 Å². The summed E-state index contributed by atoms with van der Waals surface area (Å²) in [4.78, 5) is 26.6. The molecule has 0 fully saturated rings. The molecule has 16 heteroatoms. The molecule has 3 N–H and O–H groups in total. The SMILES string of the molecule is CCOC(=O)/C(C=Nc1cc(NCc2ccc(OC)cc2OC)c(F)cc1CO)=C(\O)c1c(F)c(Cl)c(F)c(F)c1[N+](=O)[O-]. The lowest BCUT2D eigenvalue weighted by Gasteiger charge is -2.14. The quantitative estimate of drug-likeness (QED) is 0.0243. The fraction of sp³-hybridized carbons (Fsp3) is 0.214. The monoisotopic (exact) mass is 641 g/mol. The second-order valence-corrected chi connectivity index (χ2v) is 9.01. The van der Waals surface area contributed by atoms with Crippen LogP contribution in [0, 0.1) is 33.4 Å². The molecule has 0 aliphatic rings. The van der Waals surface area contributed by atoms with Gasteiger partial charge in [-0.15, -0.1) is 0 Å². The van der Waals surface area contributed by atoms with E-state index < -0.39 is 68.4 Å². The van der Waals surface area contributed by atoms with Gasteiger partial charge in [-0.25, -0.2) is 18.0 Å². The number of anilines is 1. The average molecular weight is 642 g/mol. The number of rotatable bonds is 12. The molecule has 0 heterocycles. The molecule has 0 bridgehead atoms. The zero-order valence-electron chi connectivity index (χ0n) is 23.2. The van der Waals surface area contributed by atoms with E-state index in [0.29, 0.717) is 23.3 Å². The lowest BCUT2D eigenvalue weighted by Crippen LogP contribution is -2.14. The first-order valence-corrected chi connectivity index (χ1v) is 12.8. The van der Waals surface area contributed by atoms with Crippen LogP contribution in [0.2, 0.25) is 5.02 Å². The van der Waals surface area contributed by atoms with Crippen LogP contribution in [0.15, 0.2) is 40.9 Å². The first kappa shape index (κ1) is 33.6. The first-order valence-electron chi connectivity index (χ1n) is 12.4. The van der Waals surface area contributed by atoms with Gasteiger partial charge in [0, 0.05) is 30.0 Å². The summed E-state index contributed by atoms with van der Waals surface area (Å²) in [6, 6.07) is 6.99. The van der Waals surface area contributed by atoms with Gasteiger partial charge in [0.25, 0.3) is 0 Å². The molecule has 0 aliphatic carbocycles. The molecule has 0 unspecified atom stereocenters. The number of nitrogens with zero attached hydrogens (tertiary/aromatic N) is 2. The van der Waals surface area contributed by atoms with E-state index in [0.717, 1.165) is 12.1 Å². The Balaban J connectivity index is 2.13. The zero-order chi connectivity index (χ0) is 32.7. The molecule has 0 aliphatic heterocycles. The molecule has 44 heavy (non-hydrogen) atoms. The molecule has 0 amide bonds. The molecular weight excluding hydrogens is 618 g/mol. The zero-order valence-corrected chi connectivity index (χ0v) is 24.0. The third kappa shape index (κ3) is 7.01. The third-order valence-corrected chi connectivity index (χ3v) is 6.38. The van der Waals surface area contributed by atoms with E-state index >= 15 is 0 Å². The Kier molecular flexibility index (Phi) is 11.1. The van der Waals surface area contributed by atoms with Crippen LogP contribution in [0.1, 0.15) is 23.6 Å². The Bertz CT molecular complexity index is 1670. The van der Waals surface area contributed by atoms with Crippen LogP contribution in [0.3, 0.4) is 0 Å². The van der Waals surface area contributed by atoms with Crippen molar-refractivity contribution in [2.75, 3.05) is 26.1 Å². The summed E-state index contributed by atoms with van der Waals surface area (Å²) < 4.78 is 73.4. The van der Waals surface area contributed by atoms with Crippen LogP contribution in [-0.4, -0.2) is 48.1 Å². The van der Waals surface area contributed by atoms with Crippen LogP contribution in [0.5, 0.6) is 11.5 Å². The first-order chi connectivity index (χ1) is 20.9. The number of nitrogens with one attached hydrogen (secondary N) is 1. The third-order valence-electron chi connectivity index (χ3n) is 6.05.